The van der Waals surface area contributed by atoms with Crippen LogP contribution in [0.1, 0.15) is 57.6 Å². The van der Waals surface area contributed by atoms with Gasteiger partial charge in [-0.2, -0.15) is 0 Å². The number of hydrogen-bond donors (Lipinski definition) is 1. The van der Waals surface area contributed by atoms with Gasteiger partial charge in [-0.1, -0.05) is 33.6 Å². The lowest BCUT2D eigenvalue weighted by atomic mass is 9.85. The Bertz CT molecular complexity index is 456. The van der Waals surface area contributed by atoms with Gasteiger partial charge in [0.15, 0.2) is 0 Å². The average molecular weight is 289 g/mol. The zero-order valence-corrected chi connectivity index (χ0v) is 14.3. The molecular formula is C18H31N3. The molecule has 0 spiro atoms. The second kappa shape index (κ2) is 7.26. The molecule has 1 fully saturated rings. The van der Waals surface area contributed by atoms with Gasteiger partial charge in [0, 0.05) is 31.9 Å². The third kappa shape index (κ3) is 4.19. The maximum absolute atomic E-state index is 4.75. The molecule has 2 atom stereocenters. The SMILES string of the molecule is Cc1cc(CNC(C)C)cnc1N(C)C1CCCCC1C. The van der Waals surface area contributed by atoms with Gasteiger partial charge in [0.2, 0.25) is 0 Å². The molecule has 21 heavy (non-hydrogen) atoms. The Morgan fingerprint density at radius 2 is 2.05 bits per heavy atom. The van der Waals surface area contributed by atoms with E-state index in [0.29, 0.717) is 12.1 Å². The Balaban J connectivity index is 2.08. The van der Waals surface area contributed by atoms with Crippen molar-refractivity contribution in [3.05, 3.63) is 23.4 Å². The van der Waals surface area contributed by atoms with Gasteiger partial charge in [-0.05, 0) is 42.9 Å². The number of pyridine rings is 1. The van der Waals surface area contributed by atoms with E-state index in [-0.39, 0.29) is 0 Å². The van der Waals surface area contributed by atoms with Crippen molar-refractivity contribution in [2.45, 2.75) is 72.0 Å². The number of aromatic nitrogens is 1. The Labute approximate surface area is 130 Å². The van der Waals surface area contributed by atoms with Crippen LogP contribution in [0.4, 0.5) is 5.82 Å². The maximum Gasteiger partial charge on any atom is 0.131 e. The van der Waals surface area contributed by atoms with E-state index in [1.165, 1.54) is 36.8 Å². The van der Waals surface area contributed by atoms with Gasteiger partial charge in [0.25, 0.3) is 0 Å². The van der Waals surface area contributed by atoms with Crippen LogP contribution >= 0.6 is 0 Å². The van der Waals surface area contributed by atoms with Crippen LogP contribution in [0.2, 0.25) is 0 Å². The van der Waals surface area contributed by atoms with Crippen molar-refractivity contribution in [2.75, 3.05) is 11.9 Å². The molecule has 2 unspecified atom stereocenters. The lowest BCUT2D eigenvalue weighted by molar-refractivity contribution is 0.320. The second-order valence-electron chi connectivity index (χ2n) is 6.96. The quantitative estimate of drug-likeness (QED) is 0.891. The summed E-state index contributed by atoms with van der Waals surface area (Å²) in [6, 6.07) is 3.43. The van der Waals surface area contributed by atoms with Gasteiger partial charge in [0.1, 0.15) is 5.82 Å². The van der Waals surface area contributed by atoms with Crippen molar-refractivity contribution in [3.8, 4) is 0 Å². The Kier molecular flexibility index (Phi) is 5.63. The number of aryl methyl sites for hydroxylation is 1. The molecule has 118 valence electrons. The molecule has 0 saturated heterocycles. The van der Waals surface area contributed by atoms with E-state index in [9.17, 15) is 0 Å². The lowest BCUT2D eigenvalue weighted by Gasteiger charge is -2.37. The fourth-order valence-electron chi connectivity index (χ4n) is 3.44. The predicted octanol–water partition coefficient (Wildman–Crippen LogP) is 3.90. The smallest absolute Gasteiger partial charge is 0.131 e. The molecule has 1 N–H and O–H groups in total. The summed E-state index contributed by atoms with van der Waals surface area (Å²) in [5, 5.41) is 3.45. The van der Waals surface area contributed by atoms with E-state index in [1.54, 1.807) is 0 Å². The van der Waals surface area contributed by atoms with Gasteiger partial charge >= 0.3 is 0 Å². The Morgan fingerprint density at radius 1 is 1.33 bits per heavy atom. The topological polar surface area (TPSA) is 28.2 Å². The van der Waals surface area contributed by atoms with Crippen LogP contribution in [0, 0.1) is 12.8 Å². The summed E-state index contributed by atoms with van der Waals surface area (Å²) < 4.78 is 0. The Hall–Kier alpha value is -1.09. The number of rotatable bonds is 5. The summed E-state index contributed by atoms with van der Waals surface area (Å²) in [5.41, 5.74) is 2.56. The fourth-order valence-corrected chi connectivity index (χ4v) is 3.44. The molecule has 3 heteroatoms. The van der Waals surface area contributed by atoms with Gasteiger partial charge in [-0.25, -0.2) is 4.98 Å². The van der Waals surface area contributed by atoms with Crippen molar-refractivity contribution >= 4 is 5.82 Å². The molecule has 2 rings (SSSR count). The van der Waals surface area contributed by atoms with Crippen LogP contribution in [-0.4, -0.2) is 24.1 Å². The van der Waals surface area contributed by atoms with Crippen LogP contribution < -0.4 is 10.2 Å². The molecule has 1 saturated carbocycles. The van der Waals surface area contributed by atoms with E-state index >= 15 is 0 Å². The minimum atomic E-state index is 0.510. The van der Waals surface area contributed by atoms with E-state index < -0.39 is 0 Å². The zero-order valence-electron chi connectivity index (χ0n) is 14.3. The lowest BCUT2D eigenvalue weighted by Crippen LogP contribution is -2.39. The predicted molar refractivity (Wildman–Crippen MR) is 90.8 cm³/mol. The first-order valence-corrected chi connectivity index (χ1v) is 8.40. The molecule has 1 heterocycles. The molecule has 1 aliphatic carbocycles. The average Bonchev–Trinajstić information content (AvgIpc) is 2.45. The van der Waals surface area contributed by atoms with Crippen molar-refractivity contribution in [3.63, 3.8) is 0 Å². The normalized spacial score (nSPS) is 22.6. The molecule has 0 amide bonds. The second-order valence-corrected chi connectivity index (χ2v) is 6.96. The first-order valence-electron chi connectivity index (χ1n) is 8.40. The molecule has 3 nitrogen and oxygen atoms in total. The molecule has 0 aliphatic heterocycles. The van der Waals surface area contributed by atoms with Crippen LogP contribution in [0.25, 0.3) is 0 Å². The highest BCUT2D eigenvalue weighted by Gasteiger charge is 2.26. The van der Waals surface area contributed by atoms with Gasteiger partial charge in [-0.3, -0.25) is 0 Å². The van der Waals surface area contributed by atoms with E-state index in [1.807, 2.05) is 6.20 Å². The molecule has 0 radical (unpaired) electrons. The zero-order chi connectivity index (χ0) is 15.4. The number of hydrogen-bond acceptors (Lipinski definition) is 3. The van der Waals surface area contributed by atoms with E-state index in [2.05, 4.69) is 51.0 Å². The molecule has 1 aromatic heterocycles. The first kappa shape index (κ1) is 16.3. The first-order chi connectivity index (χ1) is 9.99. The van der Waals surface area contributed by atoms with Gasteiger partial charge in [0.05, 0.1) is 0 Å². The minimum absolute atomic E-state index is 0.510. The van der Waals surface area contributed by atoms with Gasteiger partial charge < -0.3 is 10.2 Å². The number of nitrogens with one attached hydrogen (secondary N) is 1. The largest absolute Gasteiger partial charge is 0.356 e. The third-order valence-corrected chi connectivity index (χ3v) is 4.72. The third-order valence-electron chi connectivity index (χ3n) is 4.72. The summed E-state index contributed by atoms with van der Waals surface area (Å²) in [4.78, 5) is 7.17. The minimum Gasteiger partial charge on any atom is -0.356 e. The summed E-state index contributed by atoms with van der Waals surface area (Å²) in [6.45, 7) is 9.82. The number of nitrogens with zero attached hydrogens (tertiary/aromatic N) is 2. The highest BCUT2D eigenvalue weighted by molar-refractivity contribution is 5.47. The Morgan fingerprint density at radius 3 is 2.67 bits per heavy atom. The van der Waals surface area contributed by atoms with Crippen molar-refractivity contribution < 1.29 is 0 Å². The monoisotopic (exact) mass is 289 g/mol. The van der Waals surface area contributed by atoms with Crippen LogP contribution in [0.5, 0.6) is 0 Å². The van der Waals surface area contributed by atoms with Crippen LogP contribution in [-0.2, 0) is 6.54 Å². The molecule has 1 aliphatic rings. The number of anilines is 1. The van der Waals surface area contributed by atoms with Crippen molar-refractivity contribution in [2.24, 2.45) is 5.92 Å². The summed E-state index contributed by atoms with van der Waals surface area (Å²) in [5.74, 6) is 1.93. The van der Waals surface area contributed by atoms with Crippen LogP contribution in [0.3, 0.4) is 0 Å². The maximum atomic E-state index is 4.75. The highest BCUT2D eigenvalue weighted by atomic mass is 15.2. The summed E-state index contributed by atoms with van der Waals surface area (Å²) >= 11 is 0. The molecule has 1 aromatic rings. The standard InChI is InChI=1S/C18H31N3/c1-13(2)19-11-16-10-15(4)18(20-12-16)21(5)17-9-7-6-8-14(17)3/h10,12-14,17,19H,6-9,11H2,1-5H3. The fraction of sp³-hybridized carbons (Fsp3) is 0.722. The molecule has 0 aromatic carbocycles. The van der Waals surface area contributed by atoms with E-state index in [4.69, 9.17) is 4.98 Å². The summed E-state index contributed by atoms with van der Waals surface area (Å²) in [6.07, 6.45) is 7.42. The molecule has 0 bridgehead atoms. The van der Waals surface area contributed by atoms with Crippen molar-refractivity contribution in [1.82, 2.24) is 10.3 Å². The highest BCUT2D eigenvalue weighted by Crippen LogP contribution is 2.30. The van der Waals surface area contributed by atoms with Crippen LogP contribution in [0.15, 0.2) is 12.3 Å². The van der Waals surface area contributed by atoms with Gasteiger partial charge in [-0.15, -0.1) is 0 Å². The molecular weight excluding hydrogens is 258 g/mol. The van der Waals surface area contributed by atoms with E-state index in [0.717, 1.165) is 18.3 Å². The van der Waals surface area contributed by atoms with Crippen molar-refractivity contribution in [1.29, 1.82) is 0 Å². The summed E-state index contributed by atoms with van der Waals surface area (Å²) in [7, 11) is 2.22.